The first kappa shape index (κ1) is 15.3. The number of carbonyl (C=O) groups is 1. The normalized spacial score (nSPS) is 10.7. The van der Waals surface area contributed by atoms with E-state index in [1.54, 1.807) is 42.0 Å². The number of amides is 1. The summed E-state index contributed by atoms with van der Waals surface area (Å²) in [6, 6.07) is 13.1. The molecular formula is C18H14N4O2S. The van der Waals surface area contributed by atoms with Crippen LogP contribution in [-0.2, 0) is 6.54 Å². The number of carbonyl (C=O) groups excluding carboxylic acids is 1. The van der Waals surface area contributed by atoms with Gasteiger partial charge in [0.25, 0.3) is 5.91 Å². The molecule has 0 aromatic carbocycles. The van der Waals surface area contributed by atoms with Crippen molar-refractivity contribution in [1.82, 2.24) is 20.5 Å². The van der Waals surface area contributed by atoms with E-state index in [1.807, 2.05) is 29.6 Å². The molecule has 0 spiro atoms. The average molecular weight is 350 g/mol. The van der Waals surface area contributed by atoms with Crippen molar-refractivity contribution in [3.63, 3.8) is 0 Å². The minimum absolute atomic E-state index is 0.255. The van der Waals surface area contributed by atoms with Crippen molar-refractivity contribution in [3.8, 4) is 22.0 Å². The van der Waals surface area contributed by atoms with Crippen LogP contribution >= 0.6 is 11.3 Å². The van der Waals surface area contributed by atoms with Crippen LogP contribution in [0.4, 0.5) is 0 Å². The quantitative estimate of drug-likeness (QED) is 0.574. The van der Waals surface area contributed by atoms with E-state index in [0.717, 1.165) is 16.1 Å². The van der Waals surface area contributed by atoms with Crippen LogP contribution in [0, 0.1) is 0 Å². The van der Waals surface area contributed by atoms with Crippen LogP contribution in [0.3, 0.4) is 0 Å². The van der Waals surface area contributed by atoms with Crippen molar-refractivity contribution in [2.45, 2.75) is 6.54 Å². The first-order valence-corrected chi connectivity index (χ1v) is 8.54. The van der Waals surface area contributed by atoms with Crippen molar-refractivity contribution in [2.75, 3.05) is 0 Å². The molecule has 0 aliphatic rings. The summed E-state index contributed by atoms with van der Waals surface area (Å²) in [6.07, 6.45) is 3.33. The summed E-state index contributed by atoms with van der Waals surface area (Å²) in [7, 11) is 0. The summed E-state index contributed by atoms with van der Waals surface area (Å²) in [5.74, 6) is 0.383. The number of aromatic nitrogens is 3. The summed E-state index contributed by atoms with van der Waals surface area (Å²) in [6.45, 7) is 0.378. The number of nitrogens with zero attached hydrogens (tertiary/aromatic N) is 2. The zero-order valence-corrected chi connectivity index (χ0v) is 13.9. The second-order valence-corrected chi connectivity index (χ2v) is 6.26. The van der Waals surface area contributed by atoms with Crippen molar-refractivity contribution < 1.29 is 9.21 Å². The molecule has 7 heteroatoms. The van der Waals surface area contributed by atoms with Gasteiger partial charge < -0.3 is 9.73 Å². The number of pyridine rings is 1. The Labute approximate surface area is 147 Å². The number of hydrogen-bond acceptors (Lipinski definition) is 5. The minimum atomic E-state index is -0.255. The molecule has 0 saturated heterocycles. The van der Waals surface area contributed by atoms with Crippen LogP contribution in [0.25, 0.3) is 22.0 Å². The Bertz CT molecular complexity index is 974. The molecule has 6 nitrogen and oxygen atoms in total. The lowest BCUT2D eigenvalue weighted by Crippen LogP contribution is -2.23. The Kier molecular flexibility index (Phi) is 4.14. The second kappa shape index (κ2) is 6.74. The number of hydrogen-bond donors (Lipinski definition) is 2. The third-order valence-corrected chi connectivity index (χ3v) is 4.56. The van der Waals surface area contributed by atoms with Crippen LogP contribution in [0.1, 0.15) is 16.1 Å². The van der Waals surface area contributed by atoms with E-state index in [-0.39, 0.29) is 5.91 Å². The molecule has 0 bridgehead atoms. The third-order valence-electron chi connectivity index (χ3n) is 3.68. The lowest BCUT2D eigenvalue weighted by atomic mass is 10.1. The Morgan fingerprint density at radius 3 is 3.00 bits per heavy atom. The number of rotatable bonds is 5. The highest BCUT2D eigenvalue weighted by Crippen LogP contribution is 2.25. The van der Waals surface area contributed by atoms with E-state index in [1.165, 1.54) is 0 Å². The third kappa shape index (κ3) is 3.22. The summed E-state index contributed by atoms with van der Waals surface area (Å²) in [4.78, 5) is 17.9. The second-order valence-electron chi connectivity index (χ2n) is 5.32. The van der Waals surface area contributed by atoms with Crippen molar-refractivity contribution >= 4 is 17.2 Å². The van der Waals surface area contributed by atoms with E-state index in [2.05, 4.69) is 20.5 Å². The summed E-state index contributed by atoms with van der Waals surface area (Å²) < 4.78 is 5.29. The van der Waals surface area contributed by atoms with Gasteiger partial charge in [-0.2, -0.15) is 5.10 Å². The van der Waals surface area contributed by atoms with E-state index in [4.69, 9.17) is 4.42 Å². The van der Waals surface area contributed by atoms with Crippen molar-refractivity contribution in [3.05, 3.63) is 71.6 Å². The first-order valence-electron chi connectivity index (χ1n) is 7.66. The Hall–Kier alpha value is -3.19. The smallest absolute Gasteiger partial charge is 0.272 e. The summed E-state index contributed by atoms with van der Waals surface area (Å²) in [5.41, 5.74) is 2.82. The molecule has 0 atom stereocenters. The number of aromatic amines is 1. The number of nitrogens with one attached hydrogen (secondary N) is 2. The van der Waals surface area contributed by atoms with Gasteiger partial charge in [0, 0.05) is 18.8 Å². The molecule has 0 aliphatic heterocycles. The zero-order valence-electron chi connectivity index (χ0n) is 13.1. The molecule has 4 aromatic rings. The molecule has 1 amide bonds. The Morgan fingerprint density at radius 2 is 2.20 bits per heavy atom. The van der Waals surface area contributed by atoms with E-state index in [9.17, 15) is 4.79 Å². The monoisotopic (exact) mass is 350 g/mol. The van der Waals surface area contributed by atoms with Crippen LogP contribution in [0.15, 0.2) is 64.7 Å². The van der Waals surface area contributed by atoms with Gasteiger partial charge in [-0.05, 0) is 35.2 Å². The van der Waals surface area contributed by atoms with Gasteiger partial charge in [0.15, 0.2) is 11.5 Å². The summed E-state index contributed by atoms with van der Waals surface area (Å²) in [5, 5.41) is 11.7. The molecule has 25 heavy (non-hydrogen) atoms. The van der Waals surface area contributed by atoms with Gasteiger partial charge in [0.1, 0.15) is 5.69 Å². The van der Waals surface area contributed by atoms with Gasteiger partial charge >= 0.3 is 0 Å². The lowest BCUT2D eigenvalue weighted by Gasteiger charge is -2.07. The molecular weight excluding hydrogens is 336 g/mol. The molecule has 0 aliphatic carbocycles. The summed E-state index contributed by atoms with van der Waals surface area (Å²) >= 11 is 1.62. The highest BCUT2D eigenvalue weighted by Gasteiger charge is 2.14. The number of furan rings is 1. The van der Waals surface area contributed by atoms with Crippen molar-refractivity contribution in [1.29, 1.82) is 0 Å². The average Bonchev–Trinajstić information content (AvgIpc) is 3.41. The van der Waals surface area contributed by atoms with Gasteiger partial charge in [-0.25, -0.2) is 0 Å². The van der Waals surface area contributed by atoms with E-state index < -0.39 is 0 Å². The Morgan fingerprint density at radius 1 is 1.24 bits per heavy atom. The van der Waals surface area contributed by atoms with Crippen LogP contribution in [0.2, 0.25) is 0 Å². The predicted molar refractivity (Wildman–Crippen MR) is 95.0 cm³/mol. The maximum absolute atomic E-state index is 12.4. The number of H-pyrrole nitrogens is 1. The first-order chi connectivity index (χ1) is 12.3. The molecule has 4 heterocycles. The molecule has 4 aromatic heterocycles. The predicted octanol–water partition coefficient (Wildman–Crippen LogP) is 3.72. The van der Waals surface area contributed by atoms with E-state index >= 15 is 0 Å². The van der Waals surface area contributed by atoms with Crippen LogP contribution in [-0.4, -0.2) is 21.1 Å². The molecule has 0 saturated carbocycles. The fraction of sp³-hybridized carbons (Fsp3) is 0.0556. The SMILES string of the molecule is O=C(NCc1cccnc1-c1cccs1)c1cc(-c2ccco2)[nH]n1. The highest BCUT2D eigenvalue weighted by atomic mass is 32.1. The fourth-order valence-electron chi connectivity index (χ4n) is 2.48. The lowest BCUT2D eigenvalue weighted by molar-refractivity contribution is 0.0946. The maximum Gasteiger partial charge on any atom is 0.272 e. The van der Waals surface area contributed by atoms with Crippen molar-refractivity contribution in [2.24, 2.45) is 0 Å². The molecule has 4 rings (SSSR count). The van der Waals surface area contributed by atoms with Gasteiger partial charge in [-0.3, -0.25) is 14.9 Å². The zero-order chi connectivity index (χ0) is 17.1. The fourth-order valence-corrected chi connectivity index (χ4v) is 3.23. The molecule has 0 fully saturated rings. The molecule has 124 valence electrons. The Balaban J connectivity index is 1.48. The van der Waals surface area contributed by atoms with Gasteiger partial charge in [-0.15, -0.1) is 11.3 Å². The van der Waals surface area contributed by atoms with Gasteiger partial charge in [-0.1, -0.05) is 12.1 Å². The number of thiophene rings is 1. The molecule has 0 unspecified atom stereocenters. The minimum Gasteiger partial charge on any atom is -0.463 e. The standard InChI is InChI=1S/C18H14N4O2S/c23-18(14-10-13(21-22-14)15-5-2-8-24-15)20-11-12-4-1-7-19-17(12)16-6-3-9-25-16/h1-10H,11H2,(H,20,23)(H,21,22). The largest absolute Gasteiger partial charge is 0.463 e. The topological polar surface area (TPSA) is 83.8 Å². The highest BCUT2D eigenvalue weighted by molar-refractivity contribution is 7.13. The maximum atomic E-state index is 12.4. The molecule has 2 N–H and O–H groups in total. The van der Waals surface area contributed by atoms with E-state index in [0.29, 0.717) is 23.7 Å². The van der Waals surface area contributed by atoms with Crippen LogP contribution < -0.4 is 5.32 Å². The van der Waals surface area contributed by atoms with Gasteiger partial charge in [0.05, 0.1) is 16.8 Å². The molecule has 0 radical (unpaired) electrons. The van der Waals surface area contributed by atoms with Crippen LogP contribution in [0.5, 0.6) is 0 Å². The van der Waals surface area contributed by atoms with Gasteiger partial charge in [0.2, 0.25) is 0 Å².